The highest BCUT2D eigenvalue weighted by molar-refractivity contribution is 6.59. The van der Waals surface area contributed by atoms with Crippen LogP contribution < -0.4 is 0 Å². The largest absolute Gasteiger partial charge is 0.206 e. The third kappa shape index (κ3) is 3.97. The maximum Gasteiger partial charge on any atom is 0.194 e. The van der Waals surface area contributed by atoms with Crippen molar-refractivity contribution >= 4 is 8.80 Å². The normalized spacial score (nSPS) is 20.7. The van der Waals surface area contributed by atoms with E-state index in [1.807, 2.05) is 6.07 Å². The Balaban J connectivity index is 1.80. The molecule has 2 aromatic carbocycles. The van der Waals surface area contributed by atoms with Crippen LogP contribution in [0.2, 0.25) is 18.1 Å². The molecule has 5 heteroatoms. The van der Waals surface area contributed by atoms with Crippen molar-refractivity contribution in [1.29, 1.82) is 0 Å². The average Bonchev–Trinajstić information content (AvgIpc) is 2.60. The van der Waals surface area contributed by atoms with E-state index in [9.17, 15) is 17.6 Å². The van der Waals surface area contributed by atoms with Gasteiger partial charge in [-0.15, -0.1) is 0 Å². The molecule has 1 aliphatic rings. The second-order valence-electron chi connectivity index (χ2n) is 7.00. The van der Waals surface area contributed by atoms with E-state index >= 15 is 0 Å². The Kier molecular flexibility index (Phi) is 5.62. The van der Waals surface area contributed by atoms with Crippen molar-refractivity contribution in [3.05, 3.63) is 59.2 Å². The summed E-state index contributed by atoms with van der Waals surface area (Å²) in [5.41, 5.74) is 1.06. The molecule has 134 valence electrons. The van der Waals surface area contributed by atoms with Crippen LogP contribution >= 0.6 is 0 Å². The molecule has 2 aromatic rings. The lowest BCUT2D eigenvalue weighted by molar-refractivity contribution is 0.447. The molecule has 0 unspecified atom stereocenters. The zero-order valence-corrected chi connectivity index (χ0v) is 15.5. The summed E-state index contributed by atoms with van der Waals surface area (Å²) >= 11 is 0. The van der Waals surface area contributed by atoms with Gasteiger partial charge in [-0.2, -0.15) is 0 Å². The Morgan fingerprint density at radius 1 is 0.920 bits per heavy atom. The molecule has 0 bridgehead atoms. The van der Waals surface area contributed by atoms with Gasteiger partial charge < -0.3 is 0 Å². The van der Waals surface area contributed by atoms with Gasteiger partial charge in [0.05, 0.1) is 0 Å². The summed E-state index contributed by atoms with van der Waals surface area (Å²) in [5, 5.41) is 0. The first-order chi connectivity index (χ1) is 12.0. The second-order valence-corrected chi connectivity index (χ2v) is 10.5. The molecule has 3 rings (SSSR count). The monoisotopic (exact) mass is 366 g/mol. The Morgan fingerprint density at radius 3 is 2.12 bits per heavy atom. The van der Waals surface area contributed by atoms with Crippen molar-refractivity contribution in [2.24, 2.45) is 0 Å². The molecule has 0 aromatic heterocycles. The predicted molar refractivity (Wildman–Crippen MR) is 95.5 cm³/mol. The minimum atomic E-state index is -1.53. The Hall–Kier alpha value is -1.62. The van der Waals surface area contributed by atoms with E-state index in [-0.39, 0.29) is 11.1 Å². The zero-order chi connectivity index (χ0) is 18.0. The first-order valence-electron chi connectivity index (χ1n) is 8.94. The van der Waals surface area contributed by atoms with Gasteiger partial charge in [0.15, 0.2) is 17.5 Å². The van der Waals surface area contributed by atoms with E-state index in [0.29, 0.717) is 5.92 Å². The smallest absolute Gasteiger partial charge is 0.194 e. The highest BCUT2D eigenvalue weighted by Crippen LogP contribution is 2.36. The van der Waals surface area contributed by atoms with Gasteiger partial charge in [0.25, 0.3) is 0 Å². The first-order valence-corrected chi connectivity index (χ1v) is 11.4. The average molecular weight is 366 g/mol. The van der Waals surface area contributed by atoms with Crippen LogP contribution in [0.5, 0.6) is 0 Å². The molecule has 1 saturated heterocycles. The number of rotatable bonds is 4. The molecule has 0 atom stereocenters. The lowest BCUT2D eigenvalue weighted by Gasteiger charge is -2.28. The third-order valence-electron chi connectivity index (χ3n) is 5.30. The molecule has 0 aliphatic carbocycles. The summed E-state index contributed by atoms with van der Waals surface area (Å²) in [4.78, 5) is 0. The lowest BCUT2D eigenvalue weighted by atomic mass is 9.91. The fraction of sp³-hybridized carbons (Fsp3) is 0.400. The second kappa shape index (κ2) is 7.73. The molecule has 1 fully saturated rings. The predicted octanol–water partition coefficient (Wildman–Crippen LogP) is 6.42. The van der Waals surface area contributed by atoms with E-state index < -0.39 is 32.1 Å². The Morgan fingerprint density at radius 2 is 1.56 bits per heavy atom. The quantitative estimate of drug-likeness (QED) is 0.332. The van der Waals surface area contributed by atoms with Crippen molar-refractivity contribution in [3.63, 3.8) is 0 Å². The summed E-state index contributed by atoms with van der Waals surface area (Å²) in [7, 11) is -0.588. The van der Waals surface area contributed by atoms with E-state index in [2.05, 4.69) is 6.92 Å². The number of hydrogen-bond donors (Lipinski definition) is 0. The van der Waals surface area contributed by atoms with Crippen LogP contribution in [-0.2, 0) is 0 Å². The topological polar surface area (TPSA) is 0 Å². The first kappa shape index (κ1) is 18.2. The number of halogens is 4. The van der Waals surface area contributed by atoms with E-state index in [4.69, 9.17) is 0 Å². The van der Waals surface area contributed by atoms with Crippen LogP contribution in [0.1, 0.15) is 37.7 Å². The summed E-state index contributed by atoms with van der Waals surface area (Å²) < 4.78 is 54.4. The van der Waals surface area contributed by atoms with Gasteiger partial charge in [0.1, 0.15) is 5.82 Å². The maximum atomic E-state index is 14.5. The molecule has 0 nitrogen and oxygen atoms in total. The third-order valence-corrected chi connectivity index (χ3v) is 9.00. The van der Waals surface area contributed by atoms with Crippen LogP contribution in [0.4, 0.5) is 17.6 Å². The van der Waals surface area contributed by atoms with Crippen LogP contribution in [0, 0.1) is 23.3 Å². The van der Waals surface area contributed by atoms with Crippen LogP contribution in [0.15, 0.2) is 30.3 Å². The zero-order valence-electron chi connectivity index (χ0n) is 14.3. The fourth-order valence-electron chi connectivity index (χ4n) is 3.92. The molecular formula is C20H22F4Si. The van der Waals surface area contributed by atoms with Crippen molar-refractivity contribution in [2.45, 2.75) is 50.2 Å². The van der Waals surface area contributed by atoms with Crippen LogP contribution in [0.3, 0.4) is 0 Å². The van der Waals surface area contributed by atoms with Gasteiger partial charge >= 0.3 is 0 Å². The molecule has 0 spiro atoms. The highest BCUT2D eigenvalue weighted by Gasteiger charge is 2.23. The fourth-order valence-corrected chi connectivity index (χ4v) is 7.35. The Bertz CT molecular complexity index is 728. The standard InChI is InChI=1S/C20H22F4Si/c1-2-7-25-8-5-13(6-9-25)14-3-4-16(17(21)10-14)15-11-18(22)20(24)19(23)12-15/h3-4,10-13,25H,2,5-9H2,1H3/t13-,25-. The molecule has 0 radical (unpaired) electrons. The van der Waals surface area contributed by atoms with Gasteiger partial charge in [-0.1, -0.05) is 43.6 Å². The number of benzene rings is 2. The van der Waals surface area contributed by atoms with Crippen LogP contribution in [-0.4, -0.2) is 8.80 Å². The summed E-state index contributed by atoms with van der Waals surface area (Å²) in [5.74, 6) is -4.30. The molecule has 0 amide bonds. The summed E-state index contributed by atoms with van der Waals surface area (Å²) in [6.45, 7) is 2.23. The summed E-state index contributed by atoms with van der Waals surface area (Å²) in [6, 6.07) is 10.5. The lowest BCUT2D eigenvalue weighted by Crippen LogP contribution is -2.20. The van der Waals surface area contributed by atoms with Gasteiger partial charge in [-0.05, 0) is 48.1 Å². The molecular weight excluding hydrogens is 344 g/mol. The molecule has 0 saturated carbocycles. The van der Waals surface area contributed by atoms with Gasteiger partial charge in [0.2, 0.25) is 0 Å². The molecule has 1 aliphatic heterocycles. The minimum Gasteiger partial charge on any atom is -0.206 e. The van der Waals surface area contributed by atoms with Crippen LogP contribution in [0.25, 0.3) is 11.1 Å². The number of hydrogen-bond acceptors (Lipinski definition) is 0. The van der Waals surface area contributed by atoms with E-state index in [0.717, 1.165) is 30.5 Å². The summed E-state index contributed by atoms with van der Waals surface area (Å²) in [6.07, 6.45) is 3.47. The van der Waals surface area contributed by atoms with Gasteiger partial charge in [-0.25, -0.2) is 17.6 Å². The van der Waals surface area contributed by atoms with E-state index in [1.165, 1.54) is 30.6 Å². The minimum absolute atomic E-state index is 0.0134. The van der Waals surface area contributed by atoms with E-state index in [1.54, 1.807) is 6.07 Å². The molecule has 0 N–H and O–H groups in total. The van der Waals surface area contributed by atoms with Gasteiger partial charge in [0, 0.05) is 14.4 Å². The van der Waals surface area contributed by atoms with Gasteiger partial charge in [-0.3, -0.25) is 0 Å². The van der Waals surface area contributed by atoms with Crippen molar-refractivity contribution in [3.8, 4) is 11.1 Å². The van der Waals surface area contributed by atoms with Crippen molar-refractivity contribution in [2.75, 3.05) is 0 Å². The molecule has 25 heavy (non-hydrogen) atoms. The van der Waals surface area contributed by atoms with Crippen molar-refractivity contribution in [1.82, 2.24) is 0 Å². The van der Waals surface area contributed by atoms with Crippen molar-refractivity contribution < 1.29 is 17.6 Å². The Labute approximate surface area is 147 Å². The highest BCUT2D eigenvalue weighted by atomic mass is 28.3. The molecule has 1 heterocycles. The SMILES string of the molecule is CCC[Si@H]1CC[C@H](c2ccc(-c3cc(F)c(F)c(F)c3)c(F)c2)CC1. The maximum absolute atomic E-state index is 14.5.